The molecule has 0 atom stereocenters. The molecule has 1 aliphatic heterocycles. The van der Waals surface area contributed by atoms with Crippen molar-refractivity contribution in [1.82, 2.24) is 4.98 Å². The van der Waals surface area contributed by atoms with Gasteiger partial charge in [-0.15, -0.1) is 4.98 Å². The summed E-state index contributed by atoms with van der Waals surface area (Å²) in [6, 6.07) is 11.6. The summed E-state index contributed by atoms with van der Waals surface area (Å²) in [5.74, 6) is 0.351. The third-order valence-electron chi connectivity index (χ3n) is 5.01. The number of hydrogen-bond donors (Lipinski definition) is 0. The van der Waals surface area contributed by atoms with Crippen molar-refractivity contribution in [2.75, 3.05) is 9.80 Å². The van der Waals surface area contributed by atoms with Crippen LogP contribution in [0.15, 0.2) is 42.6 Å². The Morgan fingerprint density at radius 2 is 1.96 bits per heavy atom. The maximum absolute atomic E-state index is 13.3. The van der Waals surface area contributed by atoms with E-state index in [1.54, 1.807) is 11.1 Å². The van der Waals surface area contributed by atoms with Crippen LogP contribution in [0.1, 0.15) is 24.8 Å². The van der Waals surface area contributed by atoms with Crippen molar-refractivity contribution in [3.8, 4) is 0 Å². The topological polar surface area (TPSA) is 40.8 Å². The fourth-order valence-corrected chi connectivity index (χ4v) is 4.05. The van der Waals surface area contributed by atoms with Crippen LogP contribution >= 0.6 is 12.2 Å². The average molecular weight is 348 g/mol. The molecule has 1 saturated heterocycles. The van der Waals surface area contributed by atoms with Gasteiger partial charge in [0.2, 0.25) is 0 Å². The molecule has 2 heterocycles. The predicted molar refractivity (Wildman–Crippen MR) is 101 cm³/mol. The number of para-hydroxylation sites is 1. The minimum absolute atomic E-state index is 0.00404. The van der Waals surface area contributed by atoms with Gasteiger partial charge in [-0.05, 0) is 62.2 Å². The summed E-state index contributed by atoms with van der Waals surface area (Å²) in [7, 11) is 0. The van der Waals surface area contributed by atoms with E-state index < -0.39 is 5.54 Å². The second-order valence-corrected chi connectivity index (χ2v) is 6.79. The molecule has 0 bridgehead atoms. The first-order chi connectivity index (χ1) is 12.1. The maximum Gasteiger partial charge on any atom is 0.272 e. The number of carbonyl (C=O) groups excluding carboxylic acids is 1. The molecule has 124 valence electrons. The van der Waals surface area contributed by atoms with E-state index in [9.17, 15) is 4.79 Å². The molecule has 1 saturated carbocycles. The average Bonchev–Trinajstić information content (AvgIpc) is 2.82. The van der Waals surface area contributed by atoms with E-state index in [1.165, 1.54) is 0 Å². The van der Waals surface area contributed by atoms with Crippen LogP contribution in [0, 0.1) is 13.5 Å². The lowest BCUT2D eigenvalue weighted by atomic mass is 9.75. The molecule has 2 aliphatic rings. The van der Waals surface area contributed by atoms with Crippen LogP contribution in [0.3, 0.4) is 0 Å². The molecule has 4 rings (SSSR count). The first-order valence-electron chi connectivity index (χ1n) is 8.16. The van der Waals surface area contributed by atoms with Crippen molar-refractivity contribution in [1.29, 1.82) is 0 Å². The van der Waals surface area contributed by atoms with E-state index in [1.807, 2.05) is 48.2 Å². The maximum atomic E-state index is 13.3. The number of thiocarbonyl (C=S) groups is 1. The first-order valence-corrected chi connectivity index (χ1v) is 8.57. The van der Waals surface area contributed by atoms with Crippen LogP contribution < -0.4 is 9.80 Å². The molecular weight excluding hydrogens is 332 g/mol. The number of rotatable bonds is 2. The molecule has 2 aromatic rings. The van der Waals surface area contributed by atoms with Crippen LogP contribution in [-0.2, 0) is 4.79 Å². The van der Waals surface area contributed by atoms with Crippen molar-refractivity contribution >= 4 is 40.4 Å². The fourth-order valence-electron chi connectivity index (χ4n) is 3.58. The summed E-state index contributed by atoms with van der Waals surface area (Å²) in [6.45, 7) is 8.96. The number of hydrogen-bond acceptors (Lipinski definition) is 3. The normalized spacial score (nSPS) is 18.4. The molecule has 25 heavy (non-hydrogen) atoms. The van der Waals surface area contributed by atoms with Gasteiger partial charge in [0, 0.05) is 5.69 Å². The van der Waals surface area contributed by atoms with Crippen molar-refractivity contribution in [3.63, 3.8) is 0 Å². The molecule has 0 radical (unpaired) electrons. The van der Waals surface area contributed by atoms with Crippen LogP contribution in [0.5, 0.6) is 0 Å². The summed E-state index contributed by atoms with van der Waals surface area (Å²) < 4.78 is 0. The number of amides is 1. The minimum atomic E-state index is -0.579. The molecule has 5 nitrogen and oxygen atoms in total. The van der Waals surface area contributed by atoms with Gasteiger partial charge in [0.15, 0.2) is 5.11 Å². The zero-order valence-electron chi connectivity index (χ0n) is 13.8. The minimum Gasteiger partial charge on any atom is -0.360 e. The lowest BCUT2D eigenvalue weighted by Gasteiger charge is -2.43. The highest BCUT2D eigenvalue weighted by molar-refractivity contribution is 7.81. The number of aryl methyl sites for hydroxylation is 1. The van der Waals surface area contributed by atoms with Gasteiger partial charge >= 0.3 is 0 Å². The van der Waals surface area contributed by atoms with Gasteiger partial charge in [-0.1, -0.05) is 24.8 Å². The quantitative estimate of drug-likeness (QED) is 0.607. The Labute approximate surface area is 151 Å². The summed E-state index contributed by atoms with van der Waals surface area (Å²) in [6.07, 6.45) is 4.17. The third kappa shape index (κ3) is 2.16. The van der Waals surface area contributed by atoms with E-state index in [0.717, 1.165) is 30.5 Å². The van der Waals surface area contributed by atoms with Crippen LogP contribution in [0.2, 0.25) is 0 Å². The van der Waals surface area contributed by atoms with Gasteiger partial charge in [0.05, 0.1) is 5.69 Å². The predicted octanol–water partition coefficient (Wildman–Crippen LogP) is 4.00. The van der Waals surface area contributed by atoms with E-state index in [4.69, 9.17) is 18.8 Å². The van der Waals surface area contributed by atoms with Gasteiger partial charge in [-0.2, -0.15) is 0 Å². The van der Waals surface area contributed by atoms with Gasteiger partial charge in [0.1, 0.15) is 11.7 Å². The number of carbonyl (C=O) groups is 1. The van der Waals surface area contributed by atoms with Gasteiger partial charge < -0.3 is 9.74 Å². The molecule has 1 aromatic carbocycles. The zero-order valence-corrected chi connectivity index (χ0v) is 14.6. The number of benzene rings is 1. The Bertz CT molecular complexity index is 915. The SMILES string of the molecule is [C-]#[N+]c1ncc(N2C(=O)C3(CCC3)N(c3ccccc3)C2=S)cc1C. The molecule has 1 aliphatic carbocycles. The molecule has 6 heteroatoms. The van der Waals surface area contributed by atoms with E-state index in [2.05, 4.69) is 9.83 Å². The fraction of sp³-hybridized carbons (Fsp3) is 0.263. The van der Waals surface area contributed by atoms with Crippen molar-refractivity contribution in [2.45, 2.75) is 31.7 Å². The Kier molecular flexibility index (Phi) is 3.55. The first kappa shape index (κ1) is 15.7. The zero-order chi connectivity index (χ0) is 17.6. The lowest BCUT2D eigenvalue weighted by Crippen LogP contribution is -2.55. The Morgan fingerprint density at radius 3 is 2.52 bits per heavy atom. The standard InChI is InChI=1S/C19H16N4OS/c1-13-11-15(12-21-16(13)20-2)22-17(24)19(9-6-10-19)23(18(22)25)14-7-4-3-5-8-14/h3-5,7-8,11-12H,6,9-10H2,1H3. The van der Waals surface area contributed by atoms with Crippen LogP contribution in [0.25, 0.3) is 4.85 Å². The highest BCUT2D eigenvalue weighted by Gasteiger charge is 2.59. The second kappa shape index (κ2) is 5.64. The Balaban J connectivity index is 1.81. The van der Waals surface area contributed by atoms with E-state index in [-0.39, 0.29) is 5.91 Å². The lowest BCUT2D eigenvalue weighted by molar-refractivity contribution is -0.123. The van der Waals surface area contributed by atoms with Crippen molar-refractivity contribution in [2.24, 2.45) is 0 Å². The highest BCUT2D eigenvalue weighted by Crippen LogP contribution is 2.47. The molecule has 2 fully saturated rings. The summed E-state index contributed by atoms with van der Waals surface area (Å²) in [5, 5.41) is 0.479. The smallest absolute Gasteiger partial charge is 0.272 e. The van der Waals surface area contributed by atoms with Gasteiger partial charge in [0.25, 0.3) is 11.7 Å². The number of pyridine rings is 1. The highest BCUT2D eigenvalue weighted by atomic mass is 32.1. The number of nitrogens with zero attached hydrogens (tertiary/aromatic N) is 4. The largest absolute Gasteiger partial charge is 0.360 e. The van der Waals surface area contributed by atoms with Crippen LogP contribution in [-0.4, -0.2) is 21.5 Å². The molecule has 0 N–H and O–H groups in total. The van der Waals surface area contributed by atoms with Gasteiger partial charge in [-0.25, -0.2) is 0 Å². The van der Waals surface area contributed by atoms with E-state index in [0.29, 0.717) is 16.6 Å². The summed E-state index contributed by atoms with van der Waals surface area (Å²) in [4.78, 5) is 24.4. The Hall–Kier alpha value is -2.78. The second-order valence-electron chi connectivity index (χ2n) is 6.43. The molecule has 1 spiro atoms. The summed E-state index contributed by atoms with van der Waals surface area (Å²) >= 11 is 5.70. The van der Waals surface area contributed by atoms with Crippen LogP contribution in [0.4, 0.5) is 17.2 Å². The van der Waals surface area contributed by atoms with Gasteiger partial charge in [-0.3, -0.25) is 9.69 Å². The molecule has 1 amide bonds. The molecule has 0 unspecified atom stereocenters. The van der Waals surface area contributed by atoms with Crippen molar-refractivity contribution < 1.29 is 4.79 Å². The molecular formula is C19H16N4OS. The summed E-state index contributed by atoms with van der Waals surface area (Å²) in [5.41, 5.74) is 1.73. The Morgan fingerprint density at radius 1 is 1.24 bits per heavy atom. The third-order valence-corrected chi connectivity index (χ3v) is 5.37. The molecule has 1 aromatic heterocycles. The number of aromatic nitrogens is 1. The monoisotopic (exact) mass is 348 g/mol. The van der Waals surface area contributed by atoms with Crippen molar-refractivity contribution in [3.05, 3.63) is 59.6 Å². The van der Waals surface area contributed by atoms with E-state index >= 15 is 0 Å². The number of anilines is 2.